The number of aryl methyl sites for hydroxylation is 1. The van der Waals surface area contributed by atoms with E-state index in [-0.39, 0.29) is 19.1 Å². The highest BCUT2D eigenvalue weighted by Crippen LogP contribution is 2.32. The van der Waals surface area contributed by atoms with Crippen molar-refractivity contribution in [3.8, 4) is 34.5 Å². The lowest BCUT2D eigenvalue weighted by Crippen LogP contribution is -2.38. The third-order valence-corrected chi connectivity index (χ3v) is 5.77. The summed E-state index contributed by atoms with van der Waals surface area (Å²) in [5.41, 5.74) is 2.13. The van der Waals surface area contributed by atoms with Crippen molar-refractivity contribution in [2.75, 3.05) is 27.4 Å². The van der Waals surface area contributed by atoms with Gasteiger partial charge in [0.25, 0.3) is 5.91 Å². The molecule has 36 heavy (non-hydrogen) atoms. The molecule has 1 unspecified atom stereocenters. The SMILES string of the molecule is COc1ccc(-c2nnc3ccc(OCCNC(=O)C(C)Oc4ccc(Cl)c(C)c4)nn23)c(OC)c1. The number of hydrogen-bond acceptors (Lipinski definition) is 8. The monoisotopic (exact) mass is 511 g/mol. The number of rotatable bonds is 10. The van der Waals surface area contributed by atoms with Crippen LogP contribution in [-0.2, 0) is 4.79 Å². The smallest absolute Gasteiger partial charge is 0.260 e. The summed E-state index contributed by atoms with van der Waals surface area (Å²) in [4.78, 5) is 12.4. The minimum Gasteiger partial charge on any atom is -0.497 e. The second kappa shape index (κ2) is 11.1. The lowest BCUT2D eigenvalue weighted by atomic mass is 10.2. The second-order valence-corrected chi connectivity index (χ2v) is 8.25. The van der Waals surface area contributed by atoms with Crippen molar-refractivity contribution in [3.63, 3.8) is 0 Å². The fraction of sp³-hybridized carbons (Fsp3) is 0.280. The predicted molar refractivity (Wildman–Crippen MR) is 134 cm³/mol. The molecule has 4 aromatic rings. The first-order valence-corrected chi connectivity index (χ1v) is 11.6. The Morgan fingerprint density at radius 1 is 1.06 bits per heavy atom. The lowest BCUT2D eigenvalue weighted by Gasteiger charge is -2.15. The largest absolute Gasteiger partial charge is 0.497 e. The van der Waals surface area contributed by atoms with E-state index in [1.165, 1.54) is 0 Å². The Labute approximate surface area is 213 Å². The van der Waals surface area contributed by atoms with Crippen LogP contribution in [0.4, 0.5) is 0 Å². The highest BCUT2D eigenvalue weighted by molar-refractivity contribution is 6.31. The average Bonchev–Trinajstić information content (AvgIpc) is 3.31. The molecule has 0 aliphatic heterocycles. The summed E-state index contributed by atoms with van der Waals surface area (Å²) in [6, 6.07) is 14.1. The van der Waals surface area contributed by atoms with Gasteiger partial charge in [-0.05, 0) is 55.8 Å². The topological polar surface area (TPSA) is 109 Å². The quantitative estimate of drug-likeness (QED) is 0.321. The Bertz CT molecular complexity index is 1380. The maximum Gasteiger partial charge on any atom is 0.260 e. The fourth-order valence-corrected chi connectivity index (χ4v) is 3.54. The molecule has 2 heterocycles. The first kappa shape index (κ1) is 25.1. The van der Waals surface area contributed by atoms with E-state index < -0.39 is 6.10 Å². The second-order valence-electron chi connectivity index (χ2n) is 7.84. The van der Waals surface area contributed by atoms with Crippen LogP contribution in [0.25, 0.3) is 17.0 Å². The highest BCUT2D eigenvalue weighted by Gasteiger charge is 2.17. The molecule has 4 rings (SSSR count). The lowest BCUT2D eigenvalue weighted by molar-refractivity contribution is -0.127. The van der Waals surface area contributed by atoms with Gasteiger partial charge in [-0.1, -0.05) is 11.6 Å². The van der Waals surface area contributed by atoms with Gasteiger partial charge in [0.15, 0.2) is 17.6 Å². The van der Waals surface area contributed by atoms with E-state index in [0.717, 1.165) is 5.56 Å². The number of hydrogen-bond donors (Lipinski definition) is 1. The molecule has 10 nitrogen and oxygen atoms in total. The van der Waals surface area contributed by atoms with Crippen LogP contribution in [0.2, 0.25) is 5.02 Å². The van der Waals surface area contributed by atoms with Gasteiger partial charge >= 0.3 is 0 Å². The van der Waals surface area contributed by atoms with Crippen LogP contribution in [0.15, 0.2) is 48.5 Å². The number of carbonyl (C=O) groups excluding carboxylic acids is 1. The number of methoxy groups -OCH3 is 2. The number of nitrogens with zero attached hydrogens (tertiary/aromatic N) is 4. The molecule has 0 saturated carbocycles. The van der Waals surface area contributed by atoms with Crippen LogP contribution in [0.3, 0.4) is 0 Å². The summed E-state index contributed by atoms with van der Waals surface area (Å²) < 4.78 is 23.7. The average molecular weight is 512 g/mol. The summed E-state index contributed by atoms with van der Waals surface area (Å²) >= 11 is 6.03. The predicted octanol–water partition coefficient (Wildman–Crippen LogP) is 3.73. The van der Waals surface area contributed by atoms with Crippen molar-refractivity contribution in [3.05, 3.63) is 59.1 Å². The van der Waals surface area contributed by atoms with Gasteiger partial charge in [0.05, 0.1) is 26.3 Å². The molecule has 0 spiro atoms. The molecule has 1 amide bonds. The van der Waals surface area contributed by atoms with Crippen LogP contribution >= 0.6 is 11.6 Å². The summed E-state index contributed by atoms with van der Waals surface area (Å²) in [6.45, 7) is 4.03. The van der Waals surface area contributed by atoms with Crippen LogP contribution in [0.5, 0.6) is 23.1 Å². The van der Waals surface area contributed by atoms with Gasteiger partial charge in [-0.2, -0.15) is 4.52 Å². The van der Waals surface area contributed by atoms with Gasteiger partial charge < -0.3 is 24.3 Å². The van der Waals surface area contributed by atoms with Crippen molar-refractivity contribution in [1.29, 1.82) is 0 Å². The van der Waals surface area contributed by atoms with Crippen molar-refractivity contribution in [1.82, 2.24) is 25.1 Å². The molecule has 0 fully saturated rings. The van der Waals surface area contributed by atoms with Gasteiger partial charge in [-0.3, -0.25) is 4.79 Å². The Balaban J connectivity index is 1.36. The molecular weight excluding hydrogens is 486 g/mol. The van der Waals surface area contributed by atoms with E-state index in [9.17, 15) is 4.79 Å². The highest BCUT2D eigenvalue weighted by atomic mass is 35.5. The van der Waals surface area contributed by atoms with Crippen LogP contribution in [0, 0.1) is 6.92 Å². The molecule has 1 atom stereocenters. The van der Waals surface area contributed by atoms with E-state index in [1.54, 1.807) is 68.1 Å². The Morgan fingerprint density at radius 3 is 2.61 bits per heavy atom. The molecule has 0 aliphatic carbocycles. The first-order chi connectivity index (χ1) is 17.4. The summed E-state index contributed by atoms with van der Waals surface area (Å²) in [7, 11) is 3.16. The van der Waals surface area contributed by atoms with E-state index in [1.807, 2.05) is 13.0 Å². The molecule has 0 aliphatic rings. The zero-order valence-electron chi connectivity index (χ0n) is 20.3. The van der Waals surface area contributed by atoms with Crippen molar-refractivity contribution < 1.29 is 23.7 Å². The van der Waals surface area contributed by atoms with Crippen molar-refractivity contribution in [2.45, 2.75) is 20.0 Å². The zero-order chi connectivity index (χ0) is 25.7. The summed E-state index contributed by atoms with van der Waals surface area (Å²) in [5.74, 6) is 2.39. The molecular formula is C25H26ClN5O5. The Morgan fingerprint density at radius 2 is 1.86 bits per heavy atom. The third-order valence-electron chi connectivity index (χ3n) is 5.35. The summed E-state index contributed by atoms with van der Waals surface area (Å²) in [5, 5.41) is 16.3. The molecule has 1 N–H and O–H groups in total. The number of nitrogens with one attached hydrogen (secondary N) is 1. The maximum atomic E-state index is 12.4. The van der Waals surface area contributed by atoms with E-state index >= 15 is 0 Å². The minimum absolute atomic E-state index is 0.209. The normalized spacial score (nSPS) is 11.7. The van der Waals surface area contributed by atoms with Crippen LogP contribution in [0.1, 0.15) is 12.5 Å². The number of fused-ring (bicyclic) bond motifs is 1. The van der Waals surface area contributed by atoms with E-state index in [4.69, 9.17) is 30.5 Å². The van der Waals surface area contributed by atoms with E-state index in [2.05, 4.69) is 20.6 Å². The minimum atomic E-state index is -0.681. The number of aromatic nitrogens is 4. The van der Waals surface area contributed by atoms with Gasteiger partial charge in [0, 0.05) is 17.2 Å². The van der Waals surface area contributed by atoms with Crippen LogP contribution < -0.4 is 24.3 Å². The van der Waals surface area contributed by atoms with E-state index in [0.29, 0.717) is 45.2 Å². The standard InChI is InChI=1S/C25H26ClN5O5/c1-15-13-18(6-8-20(15)26)36-16(2)25(32)27-11-12-35-23-10-9-22-28-29-24(31(22)30-23)19-7-5-17(33-3)14-21(19)34-4/h5-10,13-14,16H,11-12H2,1-4H3,(H,27,32). The molecule has 2 aromatic carbocycles. The molecule has 11 heteroatoms. The number of benzene rings is 2. The van der Waals surface area contributed by atoms with Gasteiger partial charge in [0.2, 0.25) is 5.88 Å². The van der Waals surface area contributed by atoms with Gasteiger partial charge in [-0.15, -0.1) is 15.3 Å². The third kappa shape index (κ3) is 5.60. The van der Waals surface area contributed by atoms with Crippen molar-refractivity contribution in [2.24, 2.45) is 0 Å². The number of halogens is 1. The van der Waals surface area contributed by atoms with Crippen molar-refractivity contribution >= 4 is 23.2 Å². The summed E-state index contributed by atoms with van der Waals surface area (Å²) in [6.07, 6.45) is -0.681. The molecule has 0 saturated heterocycles. The maximum absolute atomic E-state index is 12.4. The first-order valence-electron chi connectivity index (χ1n) is 11.2. The molecule has 188 valence electrons. The number of ether oxygens (including phenoxy) is 4. The van der Waals surface area contributed by atoms with Gasteiger partial charge in [-0.25, -0.2) is 0 Å². The molecule has 2 aromatic heterocycles. The number of carbonyl (C=O) groups is 1. The molecule has 0 bridgehead atoms. The number of amides is 1. The van der Waals surface area contributed by atoms with Crippen LogP contribution in [-0.4, -0.2) is 59.2 Å². The molecule has 0 radical (unpaired) electrons. The Hall–Kier alpha value is -4.05. The Kier molecular flexibility index (Phi) is 7.74. The fourth-order valence-electron chi connectivity index (χ4n) is 3.42. The zero-order valence-corrected chi connectivity index (χ0v) is 21.1. The van der Waals surface area contributed by atoms with Gasteiger partial charge in [0.1, 0.15) is 23.9 Å².